The second-order valence-electron chi connectivity index (χ2n) is 7.61. The molecule has 1 aliphatic carbocycles. The second-order valence-corrected chi connectivity index (χ2v) is 7.61. The Morgan fingerprint density at radius 3 is 2.43 bits per heavy atom. The quantitative estimate of drug-likeness (QED) is 0.355. The zero-order chi connectivity index (χ0) is 19.0. The largest absolute Gasteiger partial charge is 0.379 e. The molecule has 1 aromatic carbocycles. The number of rotatable bonds is 6. The van der Waals surface area contributed by atoms with Crippen LogP contribution < -0.4 is 10.6 Å². The monoisotopic (exact) mass is 504 g/mol. The van der Waals surface area contributed by atoms with Gasteiger partial charge in [0.25, 0.3) is 0 Å². The Labute approximate surface area is 185 Å². The number of nitrogens with one attached hydrogen (secondary N) is 2. The van der Waals surface area contributed by atoms with E-state index in [1.54, 1.807) is 0 Å². The number of nitrogens with zero attached hydrogens (tertiary/aromatic N) is 2. The maximum absolute atomic E-state index is 13.0. The van der Waals surface area contributed by atoms with Crippen LogP contribution in [0.25, 0.3) is 0 Å². The fraction of sp³-hybridized carbons (Fsp3) is 0.667. The van der Waals surface area contributed by atoms with Crippen LogP contribution in [0.1, 0.15) is 37.7 Å². The molecule has 0 amide bonds. The van der Waals surface area contributed by atoms with Gasteiger partial charge in [-0.15, -0.1) is 24.0 Å². The molecule has 2 N–H and O–H groups in total. The minimum atomic E-state index is -0.190. The van der Waals surface area contributed by atoms with Crippen molar-refractivity contribution >= 4 is 29.9 Å². The zero-order valence-electron chi connectivity index (χ0n) is 16.9. The third-order valence-electron chi connectivity index (χ3n) is 5.89. The van der Waals surface area contributed by atoms with Gasteiger partial charge >= 0.3 is 0 Å². The van der Waals surface area contributed by atoms with Gasteiger partial charge in [-0.3, -0.25) is 9.89 Å². The maximum Gasteiger partial charge on any atom is 0.191 e. The average Bonchev–Trinajstić information content (AvgIpc) is 2.73. The molecule has 1 aliphatic heterocycles. The van der Waals surface area contributed by atoms with Crippen molar-refractivity contribution < 1.29 is 9.13 Å². The zero-order valence-corrected chi connectivity index (χ0v) is 19.2. The Hall–Kier alpha value is -0.930. The molecule has 158 valence electrons. The SMILES string of the molecule is CN=C(NCCc1ccc(F)cc1)NCC1(N2CCOCC2)CCCCC1.I. The third-order valence-corrected chi connectivity index (χ3v) is 5.89. The minimum Gasteiger partial charge on any atom is -0.379 e. The van der Waals surface area contributed by atoms with E-state index < -0.39 is 0 Å². The molecule has 7 heteroatoms. The van der Waals surface area contributed by atoms with Crippen LogP contribution in [0.2, 0.25) is 0 Å². The van der Waals surface area contributed by atoms with Crippen LogP contribution in [0.5, 0.6) is 0 Å². The lowest BCUT2D eigenvalue weighted by atomic mass is 9.80. The number of hydrogen-bond donors (Lipinski definition) is 2. The van der Waals surface area contributed by atoms with E-state index >= 15 is 0 Å². The van der Waals surface area contributed by atoms with E-state index in [-0.39, 0.29) is 35.3 Å². The lowest BCUT2D eigenvalue weighted by molar-refractivity contribution is -0.0352. The molecule has 1 saturated heterocycles. The predicted molar refractivity (Wildman–Crippen MR) is 123 cm³/mol. The summed E-state index contributed by atoms with van der Waals surface area (Å²) in [4.78, 5) is 7.02. The van der Waals surface area contributed by atoms with Crippen LogP contribution in [-0.2, 0) is 11.2 Å². The maximum atomic E-state index is 13.0. The van der Waals surface area contributed by atoms with Gasteiger partial charge in [0.05, 0.1) is 13.2 Å². The number of aliphatic imine (C=N–C) groups is 1. The summed E-state index contributed by atoms with van der Waals surface area (Å²) in [6, 6.07) is 6.69. The van der Waals surface area contributed by atoms with Crippen LogP contribution >= 0.6 is 24.0 Å². The molecule has 0 spiro atoms. The Kier molecular flexibility index (Phi) is 9.94. The molecule has 28 heavy (non-hydrogen) atoms. The lowest BCUT2D eigenvalue weighted by Gasteiger charge is -2.48. The molecule has 1 aromatic rings. The molecule has 5 nitrogen and oxygen atoms in total. The number of guanidine groups is 1. The first-order valence-corrected chi connectivity index (χ1v) is 10.2. The number of hydrogen-bond acceptors (Lipinski definition) is 3. The summed E-state index contributed by atoms with van der Waals surface area (Å²) in [5.74, 6) is 0.653. The van der Waals surface area contributed by atoms with Gasteiger partial charge in [-0.25, -0.2) is 4.39 Å². The molecule has 1 heterocycles. The fourth-order valence-corrected chi connectivity index (χ4v) is 4.30. The van der Waals surface area contributed by atoms with Crippen molar-refractivity contribution in [1.82, 2.24) is 15.5 Å². The van der Waals surface area contributed by atoms with E-state index in [0.717, 1.165) is 57.3 Å². The Balaban J connectivity index is 0.00000280. The fourth-order valence-electron chi connectivity index (χ4n) is 4.30. The van der Waals surface area contributed by atoms with Crippen molar-refractivity contribution in [2.45, 2.75) is 44.1 Å². The highest BCUT2D eigenvalue weighted by atomic mass is 127. The van der Waals surface area contributed by atoms with Gasteiger partial charge in [-0.1, -0.05) is 31.4 Å². The summed E-state index contributed by atoms with van der Waals surface area (Å²) in [6.07, 6.45) is 7.27. The number of ether oxygens (including phenoxy) is 1. The van der Waals surface area contributed by atoms with Crippen LogP contribution in [0.15, 0.2) is 29.3 Å². The molecule has 2 aliphatic rings. The molecule has 1 saturated carbocycles. The number of halogens is 2. The van der Waals surface area contributed by atoms with Gasteiger partial charge < -0.3 is 15.4 Å². The van der Waals surface area contributed by atoms with E-state index in [4.69, 9.17) is 4.74 Å². The lowest BCUT2D eigenvalue weighted by Crippen LogP contribution is -2.60. The van der Waals surface area contributed by atoms with Gasteiger partial charge in [0.2, 0.25) is 0 Å². The number of benzene rings is 1. The Morgan fingerprint density at radius 1 is 1.11 bits per heavy atom. The molecule has 3 rings (SSSR count). The Bertz CT molecular complexity index is 599. The molecule has 0 aromatic heterocycles. The van der Waals surface area contributed by atoms with Crippen molar-refractivity contribution in [3.8, 4) is 0 Å². The first-order valence-electron chi connectivity index (χ1n) is 10.2. The smallest absolute Gasteiger partial charge is 0.191 e. The molecule has 2 fully saturated rings. The van der Waals surface area contributed by atoms with Crippen molar-refractivity contribution in [1.29, 1.82) is 0 Å². The van der Waals surface area contributed by atoms with Gasteiger partial charge in [0.1, 0.15) is 5.82 Å². The average molecular weight is 504 g/mol. The van der Waals surface area contributed by atoms with Gasteiger partial charge in [-0.05, 0) is 37.0 Å². The molecule has 0 bridgehead atoms. The Morgan fingerprint density at radius 2 is 1.79 bits per heavy atom. The van der Waals surface area contributed by atoms with Gasteiger partial charge in [-0.2, -0.15) is 0 Å². The standard InChI is InChI=1S/C21H33FN4O.HI/c1-23-20(24-12-9-18-5-7-19(22)8-6-18)25-17-21(10-3-2-4-11-21)26-13-15-27-16-14-26;/h5-8H,2-4,9-17H2,1H3,(H2,23,24,25);1H. The second kappa shape index (κ2) is 11.9. The highest BCUT2D eigenvalue weighted by molar-refractivity contribution is 14.0. The summed E-state index contributed by atoms with van der Waals surface area (Å²) in [5, 5.41) is 6.96. The van der Waals surface area contributed by atoms with Crippen molar-refractivity contribution in [2.75, 3.05) is 46.4 Å². The molecule has 0 radical (unpaired) electrons. The van der Waals surface area contributed by atoms with E-state index in [2.05, 4.69) is 20.5 Å². The van der Waals surface area contributed by atoms with E-state index in [9.17, 15) is 4.39 Å². The van der Waals surface area contributed by atoms with Crippen LogP contribution in [0.4, 0.5) is 4.39 Å². The van der Waals surface area contributed by atoms with Crippen molar-refractivity contribution in [3.05, 3.63) is 35.6 Å². The summed E-state index contributed by atoms with van der Waals surface area (Å²) in [6.45, 7) is 5.43. The van der Waals surface area contributed by atoms with Crippen LogP contribution in [0, 0.1) is 5.82 Å². The molecular weight excluding hydrogens is 470 g/mol. The number of morpholine rings is 1. The van der Waals surface area contributed by atoms with Crippen LogP contribution in [-0.4, -0.2) is 62.8 Å². The van der Waals surface area contributed by atoms with Gasteiger partial charge in [0.15, 0.2) is 5.96 Å². The first-order chi connectivity index (χ1) is 13.2. The normalized spacial score (nSPS) is 20.3. The van der Waals surface area contributed by atoms with Gasteiger partial charge in [0, 0.05) is 38.8 Å². The van der Waals surface area contributed by atoms with Crippen LogP contribution in [0.3, 0.4) is 0 Å². The van der Waals surface area contributed by atoms with Crippen molar-refractivity contribution in [3.63, 3.8) is 0 Å². The summed E-state index contributed by atoms with van der Waals surface area (Å²) < 4.78 is 18.6. The highest BCUT2D eigenvalue weighted by Crippen LogP contribution is 2.33. The van der Waals surface area contributed by atoms with E-state index in [0.29, 0.717) is 0 Å². The minimum absolute atomic E-state index is 0. The molecular formula is C21H34FIN4O. The van der Waals surface area contributed by atoms with E-state index in [1.165, 1.54) is 44.2 Å². The topological polar surface area (TPSA) is 48.9 Å². The predicted octanol–water partition coefficient (Wildman–Crippen LogP) is 3.19. The summed E-state index contributed by atoms with van der Waals surface area (Å²) in [5.41, 5.74) is 1.34. The summed E-state index contributed by atoms with van der Waals surface area (Å²) >= 11 is 0. The molecule has 0 unspecified atom stereocenters. The summed E-state index contributed by atoms with van der Waals surface area (Å²) in [7, 11) is 1.81. The first kappa shape index (κ1) is 23.3. The van der Waals surface area contributed by atoms with Crippen molar-refractivity contribution in [2.24, 2.45) is 4.99 Å². The third kappa shape index (κ3) is 6.56. The molecule has 0 atom stereocenters. The van der Waals surface area contributed by atoms with E-state index in [1.807, 2.05) is 19.2 Å². The highest BCUT2D eigenvalue weighted by Gasteiger charge is 2.38.